The summed E-state index contributed by atoms with van der Waals surface area (Å²) in [6, 6.07) is -0.803. The van der Waals surface area contributed by atoms with Crippen LogP contribution in [0.25, 0.3) is 0 Å². The first-order valence-electron chi connectivity index (χ1n) is 22.3. The van der Waals surface area contributed by atoms with Gasteiger partial charge in [-0.1, -0.05) is 26.7 Å². The first-order chi connectivity index (χ1) is 26.8. The largest absolute Gasteiger partial charge is 0.481 e. The fourth-order valence-electron chi connectivity index (χ4n) is 11.7. The average molecular weight is 788 g/mol. The van der Waals surface area contributed by atoms with E-state index in [0.29, 0.717) is 30.8 Å². The number of nitrogens with one attached hydrogen (secondary N) is 2. The molecule has 316 valence electrons. The predicted octanol–water partition coefficient (Wildman–Crippen LogP) is 7.06. The molecule has 5 unspecified atom stereocenters. The van der Waals surface area contributed by atoms with E-state index in [1.54, 1.807) is 0 Å². The van der Waals surface area contributed by atoms with Gasteiger partial charge < -0.3 is 30.3 Å². The van der Waals surface area contributed by atoms with E-state index in [1.807, 2.05) is 0 Å². The minimum atomic E-state index is -1.05. The summed E-state index contributed by atoms with van der Waals surface area (Å²) in [4.78, 5) is 60.5. The fourth-order valence-corrected chi connectivity index (χ4v) is 11.7. The molecule has 6 fully saturated rings. The zero-order chi connectivity index (χ0) is 40.0. The average Bonchev–Trinajstić information content (AvgIpc) is 3.19. The molecule has 13 nitrogen and oxygen atoms in total. The van der Waals surface area contributed by atoms with Crippen LogP contribution in [0, 0.1) is 51.0 Å². The van der Waals surface area contributed by atoms with Crippen LogP contribution in [0.3, 0.4) is 0 Å². The minimum absolute atomic E-state index is 0.0176. The zero-order valence-electron chi connectivity index (χ0n) is 33.9. The van der Waals surface area contributed by atoms with Crippen LogP contribution in [0.4, 0.5) is 0 Å². The van der Waals surface area contributed by atoms with Crippen LogP contribution < -0.4 is 10.6 Å². The Bertz CT molecular complexity index is 1360. The molecule has 0 aliphatic heterocycles. The topological polar surface area (TPSA) is 194 Å². The van der Waals surface area contributed by atoms with E-state index in [-0.39, 0.29) is 71.8 Å². The van der Waals surface area contributed by atoms with Gasteiger partial charge in [0, 0.05) is 29.8 Å². The number of nitro groups is 1. The van der Waals surface area contributed by atoms with Gasteiger partial charge in [-0.05, 0) is 139 Å². The molecular weight excluding hydrogens is 718 g/mol. The predicted molar refractivity (Wildman–Crippen MR) is 208 cm³/mol. The van der Waals surface area contributed by atoms with Crippen LogP contribution in [0.1, 0.15) is 162 Å². The highest BCUT2D eigenvalue weighted by Crippen LogP contribution is 2.49. The van der Waals surface area contributed by atoms with Crippen LogP contribution >= 0.6 is 0 Å². The lowest BCUT2D eigenvalue weighted by molar-refractivity contribution is -0.528. The maximum Gasteiger partial charge on any atom is 0.307 e. The molecule has 0 radical (unpaired) electrons. The van der Waals surface area contributed by atoms with Gasteiger partial charge in [-0.3, -0.25) is 29.3 Å². The molecule has 0 aromatic rings. The number of rotatable bonds is 13. The van der Waals surface area contributed by atoms with E-state index in [4.69, 9.17) is 9.47 Å². The zero-order valence-corrected chi connectivity index (χ0v) is 33.9. The van der Waals surface area contributed by atoms with E-state index < -0.39 is 41.7 Å². The molecule has 6 rings (SSSR count). The third-order valence-electron chi connectivity index (χ3n) is 15.5. The smallest absolute Gasteiger partial charge is 0.307 e. The van der Waals surface area contributed by atoms with Crippen molar-refractivity contribution in [3.63, 3.8) is 0 Å². The quantitative estimate of drug-likeness (QED) is 0.111. The van der Waals surface area contributed by atoms with Crippen molar-refractivity contribution in [2.75, 3.05) is 0 Å². The molecule has 0 bridgehead atoms. The van der Waals surface area contributed by atoms with Crippen LogP contribution in [-0.4, -0.2) is 81.4 Å². The Balaban J connectivity index is 0.850. The molecule has 5 atom stereocenters. The normalized spacial score (nSPS) is 38.5. The Labute approximate surface area is 332 Å². The number of aliphatic carboxylic acids is 2. The lowest BCUT2D eigenvalue weighted by atomic mass is 9.60. The van der Waals surface area contributed by atoms with Crippen molar-refractivity contribution >= 4 is 23.8 Å². The maximum absolute atomic E-state index is 13.1. The van der Waals surface area contributed by atoms with Gasteiger partial charge in [0.25, 0.3) is 0 Å². The van der Waals surface area contributed by atoms with Crippen LogP contribution in [0.2, 0.25) is 0 Å². The number of carbonyl (C=O) groups is 4. The number of hydrogen-bond donors (Lipinski definition) is 4. The minimum Gasteiger partial charge on any atom is -0.481 e. The lowest BCUT2D eigenvalue weighted by Gasteiger charge is -2.47. The maximum atomic E-state index is 13.1. The summed E-state index contributed by atoms with van der Waals surface area (Å²) < 4.78 is 13.3. The van der Waals surface area contributed by atoms with Crippen molar-refractivity contribution in [1.82, 2.24) is 10.6 Å². The second-order valence-electron chi connectivity index (χ2n) is 19.1. The van der Waals surface area contributed by atoms with Crippen LogP contribution in [-0.2, 0) is 28.7 Å². The Morgan fingerprint density at radius 3 is 1.32 bits per heavy atom. The third kappa shape index (κ3) is 10.8. The molecule has 56 heavy (non-hydrogen) atoms. The molecule has 0 saturated heterocycles. The summed E-state index contributed by atoms with van der Waals surface area (Å²) in [7, 11) is 0. The van der Waals surface area contributed by atoms with Crippen molar-refractivity contribution < 1.29 is 43.8 Å². The molecule has 4 N–H and O–H groups in total. The van der Waals surface area contributed by atoms with Gasteiger partial charge in [0.15, 0.2) is 0 Å². The number of carbonyl (C=O) groups excluding carboxylic acids is 2. The lowest BCUT2D eigenvalue weighted by Crippen LogP contribution is -2.48. The third-order valence-corrected chi connectivity index (χ3v) is 15.5. The fraction of sp³-hybridized carbons (Fsp3) is 0.907. The summed E-state index contributed by atoms with van der Waals surface area (Å²) in [6.07, 6.45) is 20.4. The van der Waals surface area contributed by atoms with Crippen LogP contribution in [0.15, 0.2) is 0 Å². The Hall–Kier alpha value is -2.80. The molecule has 0 heterocycles. The number of hydrogen-bond acceptors (Lipinski definition) is 8. The van der Waals surface area contributed by atoms with Gasteiger partial charge in [0.05, 0.1) is 48.1 Å². The summed E-state index contributed by atoms with van der Waals surface area (Å²) in [5.41, 5.74) is 0.262. The first kappa shape index (κ1) is 42.8. The van der Waals surface area contributed by atoms with E-state index in [2.05, 4.69) is 24.5 Å². The summed E-state index contributed by atoms with van der Waals surface area (Å²) in [5.74, 6) is -3.65. The molecular formula is C43H69N3O10. The Morgan fingerprint density at radius 1 is 0.536 bits per heavy atom. The van der Waals surface area contributed by atoms with Crippen molar-refractivity contribution in [3.05, 3.63) is 10.1 Å². The van der Waals surface area contributed by atoms with Gasteiger partial charge in [0.1, 0.15) is 0 Å². The van der Waals surface area contributed by atoms with E-state index in [1.165, 1.54) is 25.7 Å². The number of ether oxygens (including phenoxy) is 2. The monoisotopic (exact) mass is 787 g/mol. The van der Waals surface area contributed by atoms with E-state index in [9.17, 15) is 39.5 Å². The molecule has 0 spiro atoms. The highest BCUT2D eigenvalue weighted by Gasteiger charge is 2.45. The molecule has 0 aromatic heterocycles. The highest BCUT2D eigenvalue weighted by atomic mass is 16.6. The summed E-state index contributed by atoms with van der Waals surface area (Å²) in [6.45, 7) is 4.96. The van der Waals surface area contributed by atoms with E-state index in [0.717, 1.165) is 89.9 Å². The second kappa shape index (κ2) is 19.3. The summed E-state index contributed by atoms with van der Waals surface area (Å²) >= 11 is 0. The SMILES string of the molecule is CC(C)(C1CCC(OC2CCC(NC(=O)C3CCCCC3C(=O)O)CC2)CC1)C1CCC(OC2CCC(NC(=O)C3CC([N+](=O)[O-])CCC3C(=O)O)CC2)CC1. The highest BCUT2D eigenvalue weighted by molar-refractivity contribution is 5.85. The second-order valence-corrected chi connectivity index (χ2v) is 19.1. The molecule has 6 saturated carbocycles. The standard InChI is InChI=1S/C43H69N3O10/c1-43(2,26-7-16-31(17-8-26)55-33-20-11-28(12-21-33)44-39(47)35-5-3-4-6-36(35)41(49)50)27-9-18-32(19-10-27)56-34-22-13-29(14-23-34)45-40(48)38-25-30(46(53)54)15-24-37(38)42(51)52/h26-38H,3-25H2,1-2H3,(H,44,47)(H,45,48)(H,49,50)(H,51,52). The van der Waals surface area contributed by atoms with Crippen molar-refractivity contribution in [1.29, 1.82) is 0 Å². The number of carboxylic acids is 2. The van der Waals surface area contributed by atoms with Gasteiger partial charge in [-0.15, -0.1) is 0 Å². The van der Waals surface area contributed by atoms with Crippen LogP contribution in [0.5, 0.6) is 0 Å². The van der Waals surface area contributed by atoms with Gasteiger partial charge in [-0.2, -0.15) is 0 Å². The van der Waals surface area contributed by atoms with Gasteiger partial charge in [0.2, 0.25) is 17.9 Å². The number of carboxylic acid groups (broad SMARTS) is 2. The molecule has 2 amide bonds. The number of nitrogens with zero attached hydrogens (tertiary/aromatic N) is 1. The molecule has 6 aliphatic carbocycles. The molecule has 0 aromatic carbocycles. The van der Waals surface area contributed by atoms with Crippen molar-refractivity contribution in [2.45, 2.75) is 204 Å². The van der Waals surface area contributed by atoms with Crippen molar-refractivity contribution in [2.24, 2.45) is 40.9 Å². The van der Waals surface area contributed by atoms with E-state index >= 15 is 0 Å². The van der Waals surface area contributed by atoms with Gasteiger partial charge >= 0.3 is 11.9 Å². The molecule has 6 aliphatic rings. The molecule has 13 heteroatoms. The van der Waals surface area contributed by atoms with Gasteiger partial charge in [-0.25, -0.2) is 0 Å². The Kier molecular flexibility index (Phi) is 14.8. The summed E-state index contributed by atoms with van der Waals surface area (Å²) in [5, 5.41) is 36.8. The Morgan fingerprint density at radius 2 is 0.911 bits per heavy atom. The first-order valence-corrected chi connectivity index (χ1v) is 22.3. The number of amides is 2. The van der Waals surface area contributed by atoms with Crippen molar-refractivity contribution in [3.8, 4) is 0 Å².